The van der Waals surface area contributed by atoms with E-state index in [4.69, 9.17) is 9.47 Å². The first-order chi connectivity index (χ1) is 11.0. The van der Waals surface area contributed by atoms with Crippen molar-refractivity contribution in [2.75, 3.05) is 13.2 Å². The van der Waals surface area contributed by atoms with Crippen LogP contribution in [0.5, 0.6) is 0 Å². The molecule has 1 aromatic carbocycles. The van der Waals surface area contributed by atoms with Crippen LogP contribution in [0.25, 0.3) is 0 Å². The van der Waals surface area contributed by atoms with Gasteiger partial charge in [-0.3, -0.25) is 14.9 Å². The van der Waals surface area contributed by atoms with Crippen molar-refractivity contribution in [3.63, 3.8) is 0 Å². The van der Waals surface area contributed by atoms with Crippen LogP contribution in [0.15, 0.2) is 18.2 Å². The van der Waals surface area contributed by atoms with Crippen LogP contribution in [0.1, 0.15) is 41.6 Å². The molecule has 1 aliphatic carbocycles. The molecule has 0 aromatic heterocycles. The summed E-state index contributed by atoms with van der Waals surface area (Å²) in [6.45, 7) is 2.38. The highest BCUT2D eigenvalue weighted by atomic mass is 16.7. The van der Waals surface area contributed by atoms with Gasteiger partial charge in [-0.05, 0) is 25.8 Å². The molecule has 1 saturated heterocycles. The van der Waals surface area contributed by atoms with Crippen LogP contribution in [-0.2, 0) is 9.47 Å². The van der Waals surface area contributed by atoms with Gasteiger partial charge in [0.05, 0.1) is 11.5 Å². The van der Waals surface area contributed by atoms with Gasteiger partial charge >= 0.3 is 0 Å². The van der Waals surface area contributed by atoms with Gasteiger partial charge in [-0.25, -0.2) is 0 Å². The van der Waals surface area contributed by atoms with E-state index < -0.39 is 10.7 Å². The van der Waals surface area contributed by atoms with E-state index >= 15 is 0 Å². The number of nitro benzene ring substituents is 1. The van der Waals surface area contributed by atoms with E-state index in [1.165, 1.54) is 12.1 Å². The Morgan fingerprint density at radius 1 is 1.43 bits per heavy atom. The molecule has 1 N–H and O–H groups in total. The molecular weight excluding hydrogens is 300 g/mol. The third-order valence-electron chi connectivity index (χ3n) is 4.52. The SMILES string of the molecule is Cc1c(C(=O)NC[C@@H]2COC3(CCCC3)O2)cccc1[N+](=O)[O-]. The summed E-state index contributed by atoms with van der Waals surface area (Å²) >= 11 is 0. The summed E-state index contributed by atoms with van der Waals surface area (Å²) in [6, 6.07) is 4.49. The minimum atomic E-state index is -0.482. The van der Waals surface area contributed by atoms with Crippen LogP contribution >= 0.6 is 0 Å². The normalized spacial score (nSPS) is 22.4. The Hall–Kier alpha value is -1.99. The average molecular weight is 320 g/mol. The molecule has 1 amide bonds. The van der Waals surface area contributed by atoms with E-state index in [0.29, 0.717) is 24.3 Å². The molecule has 1 spiro atoms. The summed E-state index contributed by atoms with van der Waals surface area (Å²) in [6.07, 6.45) is 3.84. The van der Waals surface area contributed by atoms with Crippen LogP contribution in [-0.4, -0.2) is 35.9 Å². The maximum atomic E-state index is 12.3. The lowest BCUT2D eigenvalue weighted by Gasteiger charge is -2.22. The Morgan fingerprint density at radius 3 is 2.87 bits per heavy atom. The molecule has 1 heterocycles. The number of hydrogen-bond donors (Lipinski definition) is 1. The van der Waals surface area contributed by atoms with E-state index in [1.54, 1.807) is 13.0 Å². The van der Waals surface area contributed by atoms with Crippen molar-refractivity contribution < 1.29 is 19.2 Å². The van der Waals surface area contributed by atoms with Gasteiger partial charge in [0.25, 0.3) is 11.6 Å². The number of nitrogens with zero attached hydrogens (tertiary/aromatic N) is 1. The largest absolute Gasteiger partial charge is 0.349 e. The molecule has 2 aliphatic rings. The maximum Gasteiger partial charge on any atom is 0.273 e. The van der Waals surface area contributed by atoms with Gasteiger partial charge in [0.2, 0.25) is 0 Å². The average Bonchev–Trinajstić information content (AvgIpc) is 3.15. The standard InChI is InChI=1S/C16H20N2O5/c1-11-13(5-4-6-14(11)18(20)21)15(19)17-9-12-10-22-16(23-12)7-2-3-8-16/h4-6,12H,2-3,7-10H2,1H3,(H,17,19)/t12-/m1/s1. The molecule has 7 nitrogen and oxygen atoms in total. The Morgan fingerprint density at radius 2 is 2.17 bits per heavy atom. The topological polar surface area (TPSA) is 90.7 Å². The molecule has 0 bridgehead atoms. The lowest BCUT2D eigenvalue weighted by Crippen LogP contribution is -2.35. The minimum Gasteiger partial charge on any atom is -0.349 e. The molecule has 124 valence electrons. The second-order valence-corrected chi connectivity index (χ2v) is 6.09. The van der Waals surface area contributed by atoms with E-state index in [9.17, 15) is 14.9 Å². The number of nitrogens with one attached hydrogen (secondary N) is 1. The van der Waals surface area contributed by atoms with E-state index in [2.05, 4.69) is 5.32 Å². The molecule has 3 rings (SSSR count). The number of amides is 1. The summed E-state index contributed by atoms with van der Waals surface area (Å²) in [4.78, 5) is 22.7. The zero-order valence-corrected chi connectivity index (χ0v) is 13.0. The van der Waals surface area contributed by atoms with E-state index in [-0.39, 0.29) is 17.7 Å². The van der Waals surface area contributed by atoms with Crippen LogP contribution in [0.3, 0.4) is 0 Å². The zero-order chi connectivity index (χ0) is 16.4. The van der Waals surface area contributed by atoms with Gasteiger partial charge in [0.1, 0.15) is 6.10 Å². The molecule has 23 heavy (non-hydrogen) atoms. The van der Waals surface area contributed by atoms with E-state index in [0.717, 1.165) is 25.7 Å². The molecule has 0 unspecified atom stereocenters. The Labute approximate surface area is 134 Å². The first kappa shape index (κ1) is 15.9. The molecule has 2 fully saturated rings. The fourth-order valence-electron chi connectivity index (χ4n) is 3.26. The highest BCUT2D eigenvalue weighted by Gasteiger charge is 2.43. The number of hydrogen-bond acceptors (Lipinski definition) is 5. The Balaban J connectivity index is 1.60. The zero-order valence-electron chi connectivity index (χ0n) is 13.0. The fraction of sp³-hybridized carbons (Fsp3) is 0.562. The number of rotatable bonds is 4. The van der Waals surface area contributed by atoms with Crippen LogP contribution in [0.2, 0.25) is 0 Å². The van der Waals surface area contributed by atoms with Crippen molar-refractivity contribution in [1.82, 2.24) is 5.32 Å². The molecular formula is C16H20N2O5. The van der Waals surface area contributed by atoms with Crippen molar-refractivity contribution >= 4 is 11.6 Å². The highest BCUT2D eigenvalue weighted by Crippen LogP contribution is 2.39. The third-order valence-corrected chi connectivity index (χ3v) is 4.52. The van der Waals surface area contributed by atoms with Gasteiger partial charge in [-0.1, -0.05) is 6.07 Å². The quantitative estimate of drug-likeness (QED) is 0.679. The minimum absolute atomic E-state index is 0.0528. The molecule has 1 saturated carbocycles. The van der Waals surface area contributed by atoms with Gasteiger partial charge in [-0.2, -0.15) is 0 Å². The lowest BCUT2D eigenvalue weighted by atomic mass is 10.1. The number of nitro groups is 1. The van der Waals surface area contributed by atoms with Crippen molar-refractivity contribution in [1.29, 1.82) is 0 Å². The monoisotopic (exact) mass is 320 g/mol. The second-order valence-electron chi connectivity index (χ2n) is 6.09. The molecule has 1 aromatic rings. The fourth-order valence-corrected chi connectivity index (χ4v) is 3.26. The molecule has 0 radical (unpaired) electrons. The molecule has 1 atom stereocenters. The number of benzene rings is 1. The number of carbonyl (C=O) groups is 1. The van der Waals surface area contributed by atoms with Crippen molar-refractivity contribution in [3.8, 4) is 0 Å². The first-order valence-corrected chi connectivity index (χ1v) is 7.85. The van der Waals surface area contributed by atoms with Gasteiger partial charge in [0.15, 0.2) is 5.79 Å². The highest BCUT2D eigenvalue weighted by molar-refractivity contribution is 5.96. The number of carbonyl (C=O) groups excluding carboxylic acids is 1. The predicted molar refractivity (Wildman–Crippen MR) is 82.2 cm³/mol. The van der Waals surface area contributed by atoms with Gasteiger partial charge in [0, 0.05) is 36.6 Å². The predicted octanol–water partition coefficient (Wildman–Crippen LogP) is 2.32. The molecule has 7 heteroatoms. The first-order valence-electron chi connectivity index (χ1n) is 7.85. The second kappa shape index (κ2) is 6.25. The third kappa shape index (κ3) is 3.20. The number of ether oxygens (including phenoxy) is 2. The maximum absolute atomic E-state index is 12.3. The summed E-state index contributed by atoms with van der Waals surface area (Å²) < 4.78 is 11.7. The van der Waals surface area contributed by atoms with Crippen molar-refractivity contribution in [3.05, 3.63) is 39.4 Å². The molecule has 1 aliphatic heterocycles. The Bertz CT molecular complexity index is 625. The van der Waals surface area contributed by atoms with Gasteiger partial charge in [-0.15, -0.1) is 0 Å². The smallest absolute Gasteiger partial charge is 0.273 e. The van der Waals surface area contributed by atoms with Crippen molar-refractivity contribution in [2.45, 2.75) is 44.5 Å². The van der Waals surface area contributed by atoms with Gasteiger partial charge < -0.3 is 14.8 Å². The lowest BCUT2D eigenvalue weighted by molar-refractivity contribution is -0.385. The summed E-state index contributed by atoms with van der Waals surface area (Å²) in [5, 5.41) is 13.7. The van der Waals surface area contributed by atoms with Crippen LogP contribution in [0.4, 0.5) is 5.69 Å². The Kier molecular flexibility index (Phi) is 4.32. The van der Waals surface area contributed by atoms with Crippen molar-refractivity contribution in [2.24, 2.45) is 0 Å². The van der Waals surface area contributed by atoms with Crippen LogP contribution in [0, 0.1) is 17.0 Å². The summed E-state index contributed by atoms with van der Waals surface area (Å²) in [5.74, 6) is -0.779. The summed E-state index contributed by atoms with van der Waals surface area (Å²) in [5.41, 5.74) is 0.627. The summed E-state index contributed by atoms with van der Waals surface area (Å²) in [7, 11) is 0. The van der Waals surface area contributed by atoms with Crippen LogP contribution < -0.4 is 5.32 Å². The van der Waals surface area contributed by atoms with E-state index in [1.807, 2.05) is 0 Å².